The van der Waals surface area contributed by atoms with Gasteiger partial charge in [-0.1, -0.05) is 23.2 Å². The van der Waals surface area contributed by atoms with E-state index in [0.717, 1.165) is 4.52 Å². The van der Waals surface area contributed by atoms with Crippen LogP contribution >= 0.6 is 23.2 Å². The van der Waals surface area contributed by atoms with E-state index in [4.69, 9.17) is 33.7 Å². The highest BCUT2D eigenvalue weighted by Crippen LogP contribution is 2.26. The van der Waals surface area contributed by atoms with Crippen molar-refractivity contribution < 1.29 is 13.9 Å². The number of anilines is 1. The number of aromatic nitrogens is 3. The number of hydrogen-bond acceptors (Lipinski definition) is 5. The summed E-state index contributed by atoms with van der Waals surface area (Å²) in [5.74, 6) is -1.83. The first-order valence-corrected chi connectivity index (χ1v) is 5.58. The van der Waals surface area contributed by atoms with Crippen LogP contribution in [0.4, 0.5) is 10.2 Å². The zero-order valence-corrected chi connectivity index (χ0v) is 10.6. The van der Waals surface area contributed by atoms with E-state index in [0.29, 0.717) is 0 Å². The fourth-order valence-electron chi connectivity index (χ4n) is 1.38. The molecule has 0 saturated heterocycles. The molecule has 2 heterocycles. The predicted molar refractivity (Wildman–Crippen MR) is 63.3 cm³/mol. The molecule has 9 heteroatoms. The molecule has 0 amide bonds. The van der Waals surface area contributed by atoms with Crippen LogP contribution in [0.5, 0.6) is 0 Å². The number of fused-ring (bicyclic) bond motifs is 1. The summed E-state index contributed by atoms with van der Waals surface area (Å²) in [6.07, 6.45) is 0. The van der Waals surface area contributed by atoms with E-state index in [1.807, 2.05) is 0 Å². The molecule has 0 aliphatic carbocycles. The Morgan fingerprint density at radius 1 is 1.56 bits per heavy atom. The van der Waals surface area contributed by atoms with E-state index in [2.05, 4.69) is 10.1 Å². The maximum atomic E-state index is 13.4. The summed E-state index contributed by atoms with van der Waals surface area (Å²) in [6.45, 7) is 1.78. The van der Waals surface area contributed by atoms with Gasteiger partial charge in [0, 0.05) is 0 Å². The summed E-state index contributed by atoms with van der Waals surface area (Å²) < 4.78 is 19.1. The molecule has 2 N–H and O–H groups in total. The normalized spacial score (nSPS) is 10.9. The van der Waals surface area contributed by atoms with Crippen molar-refractivity contribution >= 4 is 40.6 Å². The van der Waals surface area contributed by atoms with Gasteiger partial charge in [-0.05, 0) is 6.92 Å². The van der Waals surface area contributed by atoms with Crippen LogP contribution in [0.2, 0.25) is 10.3 Å². The highest BCUT2D eigenvalue weighted by atomic mass is 35.5. The van der Waals surface area contributed by atoms with Gasteiger partial charge in [0.05, 0.1) is 6.61 Å². The Balaban J connectivity index is 2.76. The van der Waals surface area contributed by atoms with Gasteiger partial charge in [0.15, 0.2) is 27.6 Å². The van der Waals surface area contributed by atoms with E-state index in [-0.39, 0.29) is 23.6 Å². The zero-order chi connectivity index (χ0) is 13.4. The third-order valence-electron chi connectivity index (χ3n) is 2.12. The smallest absolute Gasteiger partial charge is 0.345 e. The summed E-state index contributed by atoms with van der Waals surface area (Å²) in [4.78, 5) is 15.4. The van der Waals surface area contributed by atoms with Gasteiger partial charge in [0.1, 0.15) is 5.56 Å². The molecule has 0 aliphatic heterocycles. The molecule has 0 bridgehead atoms. The molecule has 18 heavy (non-hydrogen) atoms. The van der Waals surface area contributed by atoms with E-state index in [1.165, 1.54) is 0 Å². The summed E-state index contributed by atoms with van der Waals surface area (Å²) in [5.41, 5.74) is 5.41. The van der Waals surface area contributed by atoms with Crippen LogP contribution in [0.3, 0.4) is 0 Å². The van der Waals surface area contributed by atoms with Crippen molar-refractivity contribution in [3.8, 4) is 0 Å². The van der Waals surface area contributed by atoms with Gasteiger partial charge in [-0.15, -0.1) is 5.10 Å². The van der Waals surface area contributed by atoms with Gasteiger partial charge in [0.25, 0.3) is 0 Å². The van der Waals surface area contributed by atoms with E-state index < -0.39 is 22.1 Å². The van der Waals surface area contributed by atoms with Crippen LogP contribution < -0.4 is 5.73 Å². The largest absolute Gasteiger partial charge is 0.462 e. The SMILES string of the molecule is CCOC(=O)c1c(N)nn2c(Cl)c(F)c(Cl)nc12. The van der Waals surface area contributed by atoms with Gasteiger partial charge in [-0.2, -0.15) is 4.52 Å². The number of esters is 1. The average molecular weight is 293 g/mol. The maximum absolute atomic E-state index is 13.4. The molecule has 6 nitrogen and oxygen atoms in total. The van der Waals surface area contributed by atoms with Crippen molar-refractivity contribution in [1.29, 1.82) is 0 Å². The number of rotatable bonds is 2. The minimum Gasteiger partial charge on any atom is -0.462 e. The minimum absolute atomic E-state index is 0.0534. The summed E-state index contributed by atoms with van der Waals surface area (Å²) >= 11 is 11.2. The molecule has 0 aromatic carbocycles. The van der Waals surface area contributed by atoms with Gasteiger partial charge in [-0.25, -0.2) is 14.2 Å². The molecule has 0 unspecified atom stereocenters. The fourth-order valence-corrected chi connectivity index (χ4v) is 1.81. The fraction of sp³-hybridized carbons (Fsp3) is 0.222. The van der Waals surface area contributed by atoms with Crippen LogP contribution in [0.15, 0.2) is 0 Å². The number of carbonyl (C=O) groups excluding carboxylic acids is 1. The molecule has 96 valence electrons. The first kappa shape index (κ1) is 12.8. The molecule has 0 aliphatic rings. The van der Waals surface area contributed by atoms with Crippen LogP contribution in [-0.4, -0.2) is 27.2 Å². The van der Waals surface area contributed by atoms with Crippen LogP contribution in [0, 0.1) is 5.82 Å². The Morgan fingerprint density at radius 2 is 2.22 bits per heavy atom. The van der Waals surface area contributed by atoms with Crippen molar-refractivity contribution in [3.05, 3.63) is 21.7 Å². The Labute approximate surface area is 110 Å². The van der Waals surface area contributed by atoms with Crippen molar-refractivity contribution in [3.63, 3.8) is 0 Å². The number of nitrogens with zero attached hydrogens (tertiary/aromatic N) is 3. The molecule has 0 fully saturated rings. The number of ether oxygens (including phenoxy) is 1. The Morgan fingerprint density at radius 3 is 2.83 bits per heavy atom. The van der Waals surface area contributed by atoms with Crippen molar-refractivity contribution in [2.75, 3.05) is 12.3 Å². The van der Waals surface area contributed by atoms with Crippen LogP contribution in [-0.2, 0) is 4.74 Å². The van der Waals surface area contributed by atoms with E-state index in [1.54, 1.807) is 6.92 Å². The number of carbonyl (C=O) groups is 1. The topological polar surface area (TPSA) is 82.5 Å². The highest BCUT2D eigenvalue weighted by molar-refractivity contribution is 6.34. The van der Waals surface area contributed by atoms with Crippen LogP contribution in [0.25, 0.3) is 5.65 Å². The van der Waals surface area contributed by atoms with Crippen molar-refractivity contribution in [2.24, 2.45) is 0 Å². The quantitative estimate of drug-likeness (QED) is 0.675. The van der Waals surface area contributed by atoms with E-state index in [9.17, 15) is 9.18 Å². The number of halogens is 3. The third-order valence-corrected chi connectivity index (χ3v) is 2.70. The second kappa shape index (κ2) is 4.58. The lowest BCUT2D eigenvalue weighted by Crippen LogP contribution is -2.07. The number of nitrogens with two attached hydrogens (primary N) is 1. The molecular weight excluding hydrogens is 286 g/mol. The number of hydrogen-bond donors (Lipinski definition) is 1. The second-order valence-electron chi connectivity index (χ2n) is 3.22. The Hall–Kier alpha value is -1.60. The molecule has 0 radical (unpaired) electrons. The summed E-state index contributed by atoms with van der Waals surface area (Å²) in [6, 6.07) is 0. The average Bonchev–Trinajstić information content (AvgIpc) is 2.63. The van der Waals surface area contributed by atoms with Gasteiger partial charge >= 0.3 is 5.97 Å². The maximum Gasteiger partial charge on any atom is 0.345 e. The minimum atomic E-state index is -0.941. The highest BCUT2D eigenvalue weighted by Gasteiger charge is 2.24. The first-order valence-electron chi connectivity index (χ1n) is 4.83. The molecule has 0 spiro atoms. The summed E-state index contributed by atoms with van der Waals surface area (Å²) in [5, 5.41) is 2.83. The van der Waals surface area contributed by atoms with Gasteiger partial charge in [-0.3, -0.25) is 0 Å². The Bertz CT molecular complexity index is 643. The Kier molecular flexibility index (Phi) is 3.27. The third kappa shape index (κ3) is 1.85. The lowest BCUT2D eigenvalue weighted by molar-refractivity contribution is 0.0529. The molecule has 0 saturated carbocycles. The number of nitrogen functional groups attached to an aromatic ring is 1. The predicted octanol–water partition coefficient (Wildman–Crippen LogP) is 1.93. The summed E-state index contributed by atoms with van der Waals surface area (Å²) in [7, 11) is 0. The molecular formula is C9H7Cl2FN4O2. The van der Waals surface area contributed by atoms with Gasteiger partial charge in [0.2, 0.25) is 0 Å². The zero-order valence-electron chi connectivity index (χ0n) is 9.08. The molecule has 2 aromatic rings. The monoisotopic (exact) mass is 292 g/mol. The lowest BCUT2D eigenvalue weighted by Gasteiger charge is -2.02. The molecule has 2 aromatic heterocycles. The van der Waals surface area contributed by atoms with Crippen LogP contribution in [0.1, 0.15) is 17.3 Å². The molecule has 0 atom stereocenters. The molecule has 2 rings (SSSR count). The second-order valence-corrected chi connectivity index (χ2v) is 3.94. The lowest BCUT2D eigenvalue weighted by atomic mass is 10.3. The standard InChI is InChI=1S/C9H7Cl2FN4O2/c1-2-18-9(17)3-7(13)15-16-6(11)4(12)5(10)14-8(3)16/h2H2,1H3,(H2,13,15). The first-order chi connectivity index (χ1) is 8.47. The van der Waals surface area contributed by atoms with E-state index >= 15 is 0 Å². The van der Waals surface area contributed by atoms with Crippen molar-refractivity contribution in [2.45, 2.75) is 6.92 Å². The van der Waals surface area contributed by atoms with Gasteiger partial charge < -0.3 is 10.5 Å². The van der Waals surface area contributed by atoms with Crippen molar-refractivity contribution in [1.82, 2.24) is 14.6 Å².